The Hall–Kier alpha value is -3.54. The van der Waals surface area contributed by atoms with Crippen LogP contribution >= 0.6 is 0 Å². The lowest BCUT2D eigenvalue weighted by atomic mass is 10.1. The van der Waals surface area contributed by atoms with Crippen LogP contribution in [0.1, 0.15) is 21.6 Å². The molecule has 2 aromatic carbocycles. The third-order valence-corrected chi connectivity index (χ3v) is 4.59. The quantitative estimate of drug-likeness (QED) is 0.487. The van der Waals surface area contributed by atoms with Gasteiger partial charge in [-0.3, -0.25) is 9.97 Å². The first-order valence-corrected chi connectivity index (χ1v) is 8.71. The first kappa shape index (κ1) is 17.9. The molecule has 2 heterocycles. The van der Waals surface area contributed by atoms with Gasteiger partial charge in [0.25, 0.3) is 0 Å². The number of methoxy groups -OCH3 is 1. The highest BCUT2D eigenvalue weighted by atomic mass is 19.1. The van der Waals surface area contributed by atoms with Crippen molar-refractivity contribution in [2.24, 2.45) is 0 Å². The molecule has 0 radical (unpaired) electrons. The number of benzene rings is 2. The van der Waals surface area contributed by atoms with Crippen molar-refractivity contribution in [3.8, 4) is 5.75 Å². The minimum atomic E-state index is -0.490. The van der Waals surface area contributed by atoms with E-state index < -0.39 is 5.97 Å². The van der Waals surface area contributed by atoms with E-state index in [1.54, 1.807) is 44.5 Å². The summed E-state index contributed by atoms with van der Waals surface area (Å²) >= 11 is 0. The maximum atomic E-state index is 13.9. The second-order valence-electron chi connectivity index (χ2n) is 6.36. The maximum Gasteiger partial charge on any atom is 0.340 e. The summed E-state index contributed by atoms with van der Waals surface area (Å²) in [5, 5.41) is 1.21. The largest absolute Gasteiger partial charge is 0.497 e. The molecule has 28 heavy (non-hydrogen) atoms. The highest BCUT2D eigenvalue weighted by Crippen LogP contribution is 2.24. The molecule has 0 saturated heterocycles. The molecule has 0 saturated carbocycles. The number of pyridine rings is 2. The minimum Gasteiger partial charge on any atom is -0.497 e. The first-order chi connectivity index (χ1) is 13.6. The van der Waals surface area contributed by atoms with Gasteiger partial charge >= 0.3 is 5.97 Å². The highest BCUT2D eigenvalue weighted by Gasteiger charge is 2.15. The van der Waals surface area contributed by atoms with Crippen LogP contribution in [-0.4, -0.2) is 23.0 Å². The van der Waals surface area contributed by atoms with E-state index in [2.05, 4.69) is 9.97 Å². The molecule has 0 aliphatic rings. The Morgan fingerprint density at radius 3 is 2.82 bits per heavy atom. The summed E-state index contributed by atoms with van der Waals surface area (Å²) in [5.41, 5.74) is 2.81. The Bertz CT molecular complexity index is 1210. The predicted molar refractivity (Wildman–Crippen MR) is 104 cm³/mol. The SMILES string of the molecule is COc1ccc2cc(C(=O)OCc3ccc(F)c4cccnc34)c(C)nc2c1. The summed E-state index contributed by atoms with van der Waals surface area (Å²) in [6.07, 6.45) is 1.58. The van der Waals surface area contributed by atoms with Gasteiger partial charge in [0.05, 0.1) is 29.4 Å². The van der Waals surface area contributed by atoms with Crippen LogP contribution in [0.5, 0.6) is 5.75 Å². The number of hydrogen-bond acceptors (Lipinski definition) is 5. The fourth-order valence-electron chi connectivity index (χ4n) is 3.11. The maximum absolute atomic E-state index is 13.9. The highest BCUT2D eigenvalue weighted by molar-refractivity contribution is 5.95. The molecule has 0 aliphatic carbocycles. The van der Waals surface area contributed by atoms with Crippen molar-refractivity contribution >= 4 is 27.8 Å². The molecular weight excluding hydrogens is 359 g/mol. The van der Waals surface area contributed by atoms with Gasteiger partial charge in [0, 0.05) is 28.6 Å². The van der Waals surface area contributed by atoms with Crippen LogP contribution in [0.15, 0.2) is 54.7 Å². The van der Waals surface area contributed by atoms with E-state index in [9.17, 15) is 9.18 Å². The Labute approximate surface area is 160 Å². The number of nitrogens with zero attached hydrogens (tertiary/aromatic N) is 2. The number of fused-ring (bicyclic) bond motifs is 2. The zero-order chi connectivity index (χ0) is 19.7. The zero-order valence-corrected chi connectivity index (χ0v) is 15.4. The fraction of sp³-hybridized carbons (Fsp3) is 0.136. The summed E-state index contributed by atoms with van der Waals surface area (Å²) < 4.78 is 24.6. The summed E-state index contributed by atoms with van der Waals surface area (Å²) in [5.74, 6) is -0.148. The smallest absolute Gasteiger partial charge is 0.340 e. The summed E-state index contributed by atoms with van der Waals surface area (Å²) in [6, 6.07) is 13.5. The van der Waals surface area contributed by atoms with Crippen LogP contribution < -0.4 is 4.74 Å². The molecule has 0 atom stereocenters. The van der Waals surface area contributed by atoms with E-state index in [-0.39, 0.29) is 12.4 Å². The molecule has 0 aliphatic heterocycles. The number of aryl methyl sites for hydroxylation is 1. The fourth-order valence-corrected chi connectivity index (χ4v) is 3.11. The minimum absolute atomic E-state index is 0.00723. The molecule has 0 unspecified atom stereocenters. The Morgan fingerprint density at radius 2 is 2.00 bits per heavy atom. The number of rotatable bonds is 4. The van der Waals surface area contributed by atoms with Gasteiger partial charge in [0.1, 0.15) is 18.2 Å². The first-order valence-electron chi connectivity index (χ1n) is 8.71. The molecule has 0 fully saturated rings. The predicted octanol–water partition coefficient (Wildman–Crippen LogP) is 4.60. The van der Waals surface area contributed by atoms with Crippen LogP contribution in [0.3, 0.4) is 0 Å². The second-order valence-corrected chi connectivity index (χ2v) is 6.36. The van der Waals surface area contributed by atoms with Crippen molar-refractivity contribution in [1.82, 2.24) is 9.97 Å². The molecule has 6 heteroatoms. The molecule has 0 spiro atoms. The van der Waals surface area contributed by atoms with Crippen LogP contribution in [0.25, 0.3) is 21.8 Å². The molecule has 4 aromatic rings. The molecule has 140 valence electrons. The zero-order valence-electron chi connectivity index (χ0n) is 15.4. The van der Waals surface area contributed by atoms with Gasteiger partial charge in [-0.15, -0.1) is 0 Å². The van der Waals surface area contributed by atoms with Gasteiger partial charge in [0.15, 0.2) is 0 Å². The van der Waals surface area contributed by atoms with E-state index in [1.165, 1.54) is 6.07 Å². The Morgan fingerprint density at radius 1 is 1.14 bits per heavy atom. The van der Waals surface area contributed by atoms with E-state index in [0.29, 0.717) is 33.5 Å². The molecular formula is C22H17FN2O3. The number of ether oxygens (including phenoxy) is 2. The van der Waals surface area contributed by atoms with Crippen LogP contribution in [0.4, 0.5) is 4.39 Å². The van der Waals surface area contributed by atoms with Crippen LogP contribution in [-0.2, 0) is 11.3 Å². The summed E-state index contributed by atoms with van der Waals surface area (Å²) in [6.45, 7) is 1.75. The lowest BCUT2D eigenvalue weighted by Gasteiger charge is -2.10. The number of hydrogen-bond donors (Lipinski definition) is 0. The molecule has 5 nitrogen and oxygen atoms in total. The molecule has 0 bridgehead atoms. The summed E-state index contributed by atoms with van der Waals surface area (Å²) in [4.78, 5) is 21.3. The molecule has 0 N–H and O–H groups in total. The lowest BCUT2D eigenvalue weighted by Crippen LogP contribution is -2.09. The van der Waals surface area contributed by atoms with Gasteiger partial charge in [-0.05, 0) is 43.3 Å². The number of carbonyl (C=O) groups is 1. The molecule has 4 rings (SSSR count). The van der Waals surface area contributed by atoms with Crippen LogP contribution in [0, 0.1) is 12.7 Å². The monoisotopic (exact) mass is 376 g/mol. The van der Waals surface area contributed by atoms with Crippen molar-refractivity contribution in [3.05, 3.63) is 77.4 Å². The number of aromatic nitrogens is 2. The van der Waals surface area contributed by atoms with E-state index in [4.69, 9.17) is 9.47 Å². The molecule has 2 aromatic heterocycles. The van der Waals surface area contributed by atoms with Crippen molar-refractivity contribution in [3.63, 3.8) is 0 Å². The Kier molecular flexibility index (Phi) is 4.61. The molecule has 0 amide bonds. The van der Waals surface area contributed by atoms with Gasteiger partial charge in [-0.25, -0.2) is 9.18 Å². The number of esters is 1. The van der Waals surface area contributed by atoms with Gasteiger partial charge in [-0.1, -0.05) is 6.07 Å². The van der Waals surface area contributed by atoms with Crippen molar-refractivity contribution < 1.29 is 18.7 Å². The van der Waals surface area contributed by atoms with E-state index in [0.717, 1.165) is 10.9 Å². The second kappa shape index (κ2) is 7.23. The van der Waals surface area contributed by atoms with Gasteiger partial charge in [-0.2, -0.15) is 0 Å². The average Bonchev–Trinajstić information content (AvgIpc) is 2.72. The average molecular weight is 376 g/mol. The third kappa shape index (κ3) is 3.24. The number of halogens is 1. The van der Waals surface area contributed by atoms with Crippen LogP contribution in [0.2, 0.25) is 0 Å². The standard InChI is InChI=1S/C22H17FN2O3/c1-13-18(10-14-5-7-16(27-2)11-20(14)25-13)22(26)28-12-15-6-8-19(23)17-4-3-9-24-21(15)17/h3-11H,12H2,1-2H3. The van der Waals surface area contributed by atoms with Crippen molar-refractivity contribution in [2.75, 3.05) is 7.11 Å². The third-order valence-electron chi connectivity index (χ3n) is 4.59. The normalized spacial score (nSPS) is 11.0. The van der Waals surface area contributed by atoms with Crippen molar-refractivity contribution in [2.45, 2.75) is 13.5 Å². The number of carbonyl (C=O) groups excluding carboxylic acids is 1. The van der Waals surface area contributed by atoms with E-state index in [1.807, 2.05) is 18.2 Å². The van der Waals surface area contributed by atoms with Gasteiger partial charge in [0.2, 0.25) is 0 Å². The summed E-state index contributed by atoms with van der Waals surface area (Å²) in [7, 11) is 1.59. The topological polar surface area (TPSA) is 61.3 Å². The van der Waals surface area contributed by atoms with Crippen molar-refractivity contribution in [1.29, 1.82) is 0 Å². The van der Waals surface area contributed by atoms with E-state index >= 15 is 0 Å². The lowest BCUT2D eigenvalue weighted by molar-refractivity contribution is 0.0473. The van der Waals surface area contributed by atoms with Gasteiger partial charge < -0.3 is 9.47 Å². The Balaban J connectivity index is 1.61.